The third-order valence-electron chi connectivity index (χ3n) is 3.73. The Bertz CT molecular complexity index is 122. The van der Waals surface area contributed by atoms with E-state index in [-0.39, 0.29) is 0 Å². The zero-order valence-corrected chi connectivity index (χ0v) is 7.03. The van der Waals surface area contributed by atoms with Gasteiger partial charge in [0.15, 0.2) is 0 Å². The average Bonchev–Trinajstić information content (AvgIpc) is 2.71. The molecule has 0 heteroatoms. The van der Waals surface area contributed by atoms with Gasteiger partial charge < -0.3 is 0 Å². The van der Waals surface area contributed by atoms with Crippen LogP contribution in [0.15, 0.2) is 0 Å². The lowest BCUT2D eigenvalue weighted by Gasteiger charge is -2.30. The first-order valence-corrected chi connectivity index (χ1v) is 4.87. The largest absolute Gasteiger partial charge is 0.0651 e. The van der Waals surface area contributed by atoms with E-state index in [0.29, 0.717) is 0 Å². The smallest absolute Gasteiger partial charge is 0.0269 e. The SMILES string of the molecule is CCC1CCCCC12CC2. The van der Waals surface area contributed by atoms with Gasteiger partial charge >= 0.3 is 0 Å². The molecule has 2 fully saturated rings. The van der Waals surface area contributed by atoms with Gasteiger partial charge in [-0.2, -0.15) is 0 Å². The summed E-state index contributed by atoms with van der Waals surface area (Å²) in [4.78, 5) is 0. The first kappa shape index (κ1) is 6.69. The zero-order valence-electron chi connectivity index (χ0n) is 7.03. The summed E-state index contributed by atoms with van der Waals surface area (Å²) in [5.41, 5.74) is 0.896. The van der Waals surface area contributed by atoms with E-state index in [0.717, 1.165) is 11.3 Å². The van der Waals surface area contributed by atoms with Crippen molar-refractivity contribution < 1.29 is 0 Å². The van der Waals surface area contributed by atoms with Crippen LogP contribution in [0.2, 0.25) is 0 Å². The second kappa shape index (κ2) is 2.25. The van der Waals surface area contributed by atoms with Crippen LogP contribution in [0.5, 0.6) is 0 Å². The summed E-state index contributed by atoms with van der Waals surface area (Å²) in [7, 11) is 0. The highest BCUT2D eigenvalue weighted by Gasteiger charge is 2.48. The van der Waals surface area contributed by atoms with Crippen molar-refractivity contribution in [2.45, 2.75) is 51.9 Å². The van der Waals surface area contributed by atoms with Crippen LogP contribution in [0.3, 0.4) is 0 Å². The maximum absolute atomic E-state index is 2.37. The van der Waals surface area contributed by atoms with Gasteiger partial charge in [0.1, 0.15) is 0 Å². The van der Waals surface area contributed by atoms with Crippen molar-refractivity contribution in [1.82, 2.24) is 0 Å². The predicted molar refractivity (Wildman–Crippen MR) is 43.9 cm³/mol. The highest BCUT2D eigenvalue weighted by Crippen LogP contribution is 2.60. The van der Waals surface area contributed by atoms with E-state index in [9.17, 15) is 0 Å². The molecule has 1 unspecified atom stereocenters. The molecule has 0 N–H and O–H groups in total. The minimum Gasteiger partial charge on any atom is -0.0651 e. The van der Waals surface area contributed by atoms with Crippen molar-refractivity contribution in [2.75, 3.05) is 0 Å². The Morgan fingerprint density at radius 2 is 2.00 bits per heavy atom. The molecule has 1 spiro atoms. The Hall–Kier alpha value is 0. The van der Waals surface area contributed by atoms with Gasteiger partial charge in [-0.1, -0.05) is 26.2 Å². The Morgan fingerprint density at radius 3 is 2.50 bits per heavy atom. The van der Waals surface area contributed by atoms with Crippen molar-refractivity contribution in [1.29, 1.82) is 0 Å². The van der Waals surface area contributed by atoms with Crippen molar-refractivity contribution >= 4 is 0 Å². The minimum absolute atomic E-state index is 0.896. The van der Waals surface area contributed by atoms with Gasteiger partial charge in [0.2, 0.25) is 0 Å². The molecule has 0 bridgehead atoms. The molecule has 2 aliphatic rings. The molecular weight excluding hydrogens is 120 g/mol. The summed E-state index contributed by atoms with van der Waals surface area (Å²) in [5, 5.41) is 0. The van der Waals surface area contributed by atoms with E-state index in [1.165, 1.54) is 25.7 Å². The molecule has 0 aromatic heterocycles. The minimum atomic E-state index is 0.896. The molecule has 10 heavy (non-hydrogen) atoms. The van der Waals surface area contributed by atoms with Gasteiger partial charge in [-0.25, -0.2) is 0 Å². The molecule has 0 nitrogen and oxygen atoms in total. The molecule has 0 aliphatic heterocycles. The Morgan fingerprint density at radius 1 is 1.20 bits per heavy atom. The summed E-state index contributed by atoms with van der Waals surface area (Å²) < 4.78 is 0. The van der Waals surface area contributed by atoms with E-state index >= 15 is 0 Å². The molecule has 1 atom stereocenters. The number of rotatable bonds is 1. The topological polar surface area (TPSA) is 0 Å². The molecule has 0 heterocycles. The molecule has 2 aliphatic carbocycles. The second-order valence-electron chi connectivity index (χ2n) is 4.21. The molecule has 2 rings (SSSR count). The molecule has 0 saturated heterocycles. The summed E-state index contributed by atoms with van der Waals surface area (Å²) >= 11 is 0. The molecule has 0 radical (unpaired) electrons. The normalized spacial score (nSPS) is 36.3. The summed E-state index contributed by atoms with van der Waals surface area (Å²) in [6, 6.07) is 0. The quantitative estimate of drug-likeness (QED) is 0.521. The van der Waals surface area contributed by atoms with Crippen LogP contribution in [0.4, 0.5) is 0 Å². The van der Waals surface area contributed by atoms with Crippen LogP contribution in [-0.4, -0.2) is 0 Å². The van der Waals surface area contributed by atoms with E-state index in [2.05, 4.69) is 6.92 Å². The lowest BCUT2D eigenvalue weighted by atomic mass is 9.75. The van der Waals surface area contributed by atoms with Gasteiger partial charge in [-0.3, -0.25) is 0 Å². The molecule has 0 amide bonds. The fourth-order valence-electron chi connectivity index (χ4n) is 2.83. The Labute approximate surface area is 64.0 Å². The van der Waals surface area contributed by atoms with Crippen LogP contribution in [-0.2, 0) is 0 Å². The predicted octanol–water partition coefficient (Wildman–Crippen LogP) is 3.37. The van der Waals surface area contributed by atoms with Gasteiger partial charge in [0.25, 0.3) is 0 Å². The van der Waals surface area contributed by atoms with Crippen LogP contribution in [0.25, 0.3) is 0 Å². The van der Waals surface area contributed by atoms with Gasteiger partial charge in [-0.05, 0) is 37.0 Å². The lowest BCUT2D eigenvalue weighted by Crippen LogP contribution is -2.19. The van der Waals surface area contributed by atoms with Crippen LogP contribution >= 0.6 is 0 Å². The maximum atomic E-state index is 2.37. The molecule has 0 aromatic carbocycles. The fraction of sp³-hybridized carbons (Fsp3) is 1.00. The molecule has 2 saturated carbocycles. The van der Waals surface area contributed by atoms with Crippen LogP contribution in [0.1, 0.15) is 51.9 Å². The number of hydrogen-bond acceptors (Lipinski definition) is 0. The molecule has 58 valence electrons. The zero-order chi connectivity index (χ0) is 7.03. The maximum Gasteiger partial charge on any atom is -0.0269 e. The van der Waals surface area contributed by atoms with Crippen LogP contribution in [0, 0.1) is 11.3 Å². The standard InChI is InChI=1S/C10H18/c1-2-9-5-3-4-6-10(9)7-8-10/h9H,2-8H2,1H3. The van der Waals surface area contributed by atoms with Crippen molar-refractivity contribution in [3.63, 3.8) is 0 Å². The van der Waals surface area contributed by atoms with Gasteiger partial charge in [0, 0.05) is 0 Å². The second-order valence-corrected chi connectivity index (χ2v) is 4.21. The van der Waals surface area contributed by atoms with Crippen molar-refractivity contribution in [3.8, 4) is 0 Å². The monoisotopic (exact) mass is 138 g/mol. The van der Waals surface area contributed by atoms with Gasteiger partial charge in [0.05, 0.1) is 0 Å². The molecule has 0 aromatic rings. The fourth-order valence-corrected chi connectivity index (χ4v) is 2.83. The lowest BCUT2D eigenvalue weighted by molar-refractivity contribution is 0.207. The average molecular weight is 138 g/mol. The Balaban J connectivity index is 2.01. The Kier molecular flexibility index (Phi) is 1.51. The third kappa shape index (κ3) is 0.889. The first-order chi connectivity index (χ1) is 4.87. The highest BCUT2D eigenvalue weighted by atomic mass is 14.5. The van der Waals surface area contributed by atoms with Gasteiger partial charge in [-0.15, -0.1) is 0 Å². The van der Waals surface area contributed by atoms with E-state index < -0.39 is 0 Å². The van der Waals surface area contributed by atoms with E-state index in [1.807, 2.05) is 0 Å². The third-order valence-corrected chi connectivity index (χ3v) is 3.73. The summed E-state index contributed by atoms with van der Waals surface area (Å²) in [5.74, 6) is 1.11. The number of hydrogen-bond donors (Lipinski definition) is 0. The van der Waals surface area contributed by atoms with Crippen molar-refractivity contribution in [2.24, 2.45) is 11.3 Å². The first-order valence-electron chi connectivity index (χ1n) is 4.87. The highest BCUT2D eigenvalue weighted by molar-refractivity contribution is 4.99. The molecular formula is C10H18. The summed E-state index contributed by atoms with van der Waals surface area (Å²) in [6.07, 6.45) is 10.7. The van der Waals surface area contributed by atoms with Crippen LogP contribution < -0.4 is 0 Å². The van der Waals surface area contributed by atoms with E-state index in [1.54, 1.807) is 19.3 Å². The van der Waals surface area contributed by atoms with Crippen molar-refractivity contribution in [3.05, 3.63) is 0 Å². The summed E-state index contributed by atoms with van der Waals surface area (Å²) in [6.45, 7) is 2.37. The van der Waals surface area contributed by atoms with E-state index in [4.69, 9.17) is 0 Å².